The maximum absolute atomic E-state index is 12.3. The Kier molecular flexibility index (Phi) is 4.78. The van der Waals surface area contributed by atoms with Crippen LogP contribution in [0.2, 0.25) is 5.02 Å². The molecule has 1 saturated heterocycles. The number of fused-ring (bicyclic) bond motifs is 1. The summed E-state index contributed by atoms with van der Waals surface area (Å²) < 4.78 is 24.0. The molecule has 1 aromatic carbocycles. The van der Waals surface area contributed by atoms with Crippen LogP contribution in [0.4, 0.5) is 0 Å². The van der Waals surface area contributed by atoms with E-state index in [2.05, 4.69) is 10.6 Å². The van der Waals surface area contributed by atoms with Gasteiger partial charge in [0.05, 0.1) is 28.6 Å². The molecule has 2 heterocycles. The van der Waals surface area contributed by atoms with E-state index in [0.717, 1.165) is 10.1 Å². The lowest BCUT2D eigenvalue weighted by atomic mass is 10.0. The van der Waals surface area contributed by atoms with Crippen LogP contribution in [0.25, 0.3) is 10.1 Å². The molecule has 0 aliphatic carbocycles. The van der Waals surface area contributed by atoms with Gasteiger partial charge in [0.2, 0.25) is 5.91 Å². The first kappa shape index (κ1) is 18.2. The van der Waals surface area contributed by atoms with Crippen molar-refractivity contribution in [1.29, 1.82) is 0 Å². The highest BCUT2D eigenvalue weighted by molar-refractivity contribution is 7.91. The third kappa shape index (κ3) is 3.96. The van der Waals surface area contributed by atoms with Crippen molar-refractivity contribution in [2.75, 3.05) is 18.1 Å². The monoisotopic (exact) mass is 400 g/mol. The van der Waals surface area contributed by atoms with Crippen molar-refractivity contribution >= 4 is 54.7 Å². The smallest absolute Gasteiger partial charge is 0.263 e. The SMILES string of the molecule is CC1(NC(=O)CNC(=O)c2sc3ccccc3c2Cl)CCS(=O)(=O)C1. The van der Waals surface area contributed by atoms with E-state index >= 15 is 0 Å². The maximum Gasteiger partial charge on any atom is 0.263 e. The van der Waals surface area contributed by atoms with Crippen LogP contribution in [0, 0.1) is 0 Å². The molecule has 134 valence electrons. The minimum atomic E-state index is -3.11. The summed E-state index contributed by atoms with van der Waals surface area (Å²) in [6.45, 7) is 1.46. The van der Waals surface area contributed by atoms with Gasteiger partial charge in [0.25, 0.3) is 5.91 Å². The quantitative estimate of drug-likeness (QED) is 0.820. The molecule has 6 nitrogen and oxygen atoms in total. The Labute approximate surface area is 154 Å². The number of nitrogens with one attached hydrogen (secondary N) is 2. The first-order valence-corrected chi connectivity index (χ1v) is 10.7. The zero-order valence-corrected chi connectivity index (χ0v) is 15.9. The molecule has 0 spiro atoms. The standard InChI is InChI=1S/C16H17ClN2O4S2/c1-16(6-7-25(22,23)9-16)19-12(20)8-18-15(21)14-13(17)10-4-2-3-5-11(10)24-14/h2-5H,6-9H2,1H3,(H,18,21)(H,19,20). The van der Waals surface area contributed by atoms with Gasteiger partial charge in [-0.1, -0.05) is 29.8 Å². The largest absolute Gasteiger partial charge is 0.348 e. The van der Waals surface area contributed by atoms with Crippen LogP contribution in [-0.2, 0) is 14.6 Å². The summed E-state index contributed by atoms with van der Waals surface area (Å²) in [5, 5.41) is 6.40. The number of rotatable bonds is 4. The first-order valence-electron chi connectivity index (χ1n) is 7.66. The van der Waals surface area contributed by atoms with Gasteiger partial charge < -0.3 is 10.6 Å². The lowest BCUT2D eigenvalue weighted by molar-refractivity contribution is -0.121. The highest BCUT2D eigenvalue weighted by Crippen LogP contribution is 2.34. The van der Waals surface area contributed by atoms with Gasteiger partial charge in [0, 0.05) is 10.1 Å². The van der Waals surface area contributed by atoms with E-state index in [1.54, 1.807) is 6.92 Å². The fourth-order valence-corrected chi connectivity index (χ4v) is 6.42. The number of hydrogen-bond acceptors (Lipinski definition) is 5. The fourth-order valence-electron chi connectivity index (χ4n) is 2.89. The molecule has 1 atom stereocenters. The summed E-state index contributed by atoms with van der Waals surface area (Å²) in [5.74, 6) is -0.870. The molecule has 2 aromatic rings. The Hall–Kier alpha value is -1.64. The molecule has 1 aliphatic heterocycles. The number of halogens is 1. The zero-order valence-electron chi connectivity index (χ0n) is 13.5. The van der Waals surface area contributed by atoms with Crippen molar-refractivity contribution < 1.29 is 18.0 Å². The number of amides is 2. The van der Waals surface area contributed by atoms with Gasteiger partial charge in [-0.15, -0.1) is 11.3 Å². The van der Waals surface area contributed by atoms with Crippen molar-refractivity contribution in [3.63, 3.8) is 0 Å². The topological polar surface area (TPSA) is 92.3 Å². The van der Waals surface area contributed by atoms with Crippen LogP contribution in [-0.4, -0.2) is 43.8 Å². The molecule has 1 fully saturated rings. The average molecular weight is 401 g/mol. The second-order valence-corrected chi connectivity index (χ2v) is 9.99. The van der Waals surface area contributed by atoms with Gasteiger partial charge in [-0.25, -0.2) is 8.42 Å². The van der Waals surface area contributed by atoms with Crippen LogP contribution in [0.3, 0.4) is 0 Å². The van der Waals surface area contributed by atoms with Crippen molar-refractivity contribution in [3.8, 4) is 0 Å². The number of benzene rings is 1. The Balaban J connectivity index is 1.62. The highest BCUT2D eigenvalue weighted by Gasteiger charge is 2.39. The number of hydrogen-bond donors (Lipinski definition) is 2. The van der Waals surface area contributed by atoms with Gasteiger partial charge in [0.15, 0.2) is 9.84 Å². The van der Waals surface area contributed by atoms with Gasteiger partial charge in [0.1, 0.15) is 4.88 Å². The van der Waals surface area contributed by atoms with Crippen LogP contribution < -0.4 is 10.6 Å². The van der Waals surface area contributed by atoms with Crippen LogP contribution in [0.15, 0.2) is 24.3 Å². The predicted octanol–water partition coefficient (Wildman–Crippen LogP) is 1.98. The van der Waals surface area contributed by atoms with Crippen LogP contribution >= 0.6 is 22.9 Å². The molecule has 0 saturated carbocycles. The van der Waals surface area contributed by atoms with Gasteiger partial charge >= 0.3 is 0 Å². The molecule has 9 heteroatoms. The van der Waals surface area contributed by atoms with Gasteiger partial charge in [-0.2, -0.15) is 0 Å². The Morgan fingerprint density at radius 3 is 2.68 bits per heavy atom. The molecule has 1 unspecified atom stereocenters. The molecular formula is C16H17ClN2O4S2. The molecule has 25 heavy (non-hydrogen) atoms. The zero-order chi connectivity index (χ0) is 18.2. The lowest BCUT2D eigenvalue weighted by Gasteiger charge is -2.23. The van der Waals surface area contributed by atoms with E-state index in [1.807, 2.05) is 24.3 Å². The second-order valence-electron chi connectivity index (χ2n) is 6.37. The lowest BCUT2D eigenvalue weighted by Crippen LogP contribution is -2.50. The summed E-state index contributed by atoms with van der Waals surface area (Å²) in [4.78, 5) is 24.7. The van der Waals surface area contributed by atoms with E-state index in [0.29, 0.717) is 16.3 Å². The second kappa shape index (κ2) is 6.59. The molecule has 2 amide bonds. The van der Waals surface area contributed by atoms with Crippen LogP contribution in [0.1, 0.15) is 23.0 Å². The van der Waals surface area contributed by atoms with E-state index in [4.69, 9.17) is 11.6 Å². The Bertz CT molecular complexity index is 954. The minimum Gasteiger partial charge on any atom is -0.348 e. The molecule has 1 aliphatic rings. The Morgan fingerprint density at radius 1 is 1.32 bits per heavy atom. The van der Waals surface area contributed by atoms with Crippen molar-refractivity contribution in [2.45, 2.75) is 18.9 Å². The third-order valence-electron chi connectivity index (χ3n) is 4.10. The molecule has 1 aromatic heterocycles. The van der Waals surface area contributed by atoms with E-state index < -0.39 is 27.2 Å². The first-order chi connectivity index (χ1) is 11.7. The molecule has 3 rings (SSSR count). The predicted molar refractivity (Wildman–Crippen MR) is 99.0 cm³/mol. The normalized spacial score (nSPS) is 22.0. The number of thiophene rings is 1. The van der Waals surface area contributed by atoms with Crippen molar-refractivity contribution in [3.05, 3.63) is 34.2 Å². The number of carbonyl (C=O) groups excluding carboxylic acids is 2. The van der Waals surface area contributed by atoms with E-state index in [1.165, 1.54) is 11.3 Å². The minimum absolute atomic E-state index is 0.0630. The summed E-state index contributed by atoms with van der Waals surface area (Å²) in [6.07, 6.45) is 0.372. The van der Waals surface area contributed by atoms with Crippen molar-refractivity contribution in [2.24, 2.45) is 0 Å². The molecule has 0 bridgehead atoms. The molecular weight excluding hydrogens is 384 g/mol. The maximum atomic E-state index is 12.3. The summed E-state index contributed by atoms with van der Waals surface area (Å²) >= 11 is 7.50. The van der Waals surface area contributed by atoms with E-state index in [9.17, 15) is 18.0 Å². The van der Waals surface area contributed by atoms with Crippen LogP contribution in [0.5, 0.6) is 0 Å². The summed E-state index contributed by atoms with van der Waals surface area (Å²) in [5.41, 5.74) is -0.782. The number of carbonyl (C=O) groups is 2. The molecule has 0 radical (unpaired) electrons. The Morgan fingerprint density at radius 2 is 2.04 bits per heavy atom. The third-order valence-corrected chi connectivity index (χ3v) is 7.67. The van der Waals surface area contributed by atoms with Gasteiger partial charge in [-0.3, -0.25) is 9.59 Å². The fraction of sp³-hybridized carbons (Fsp3) is 0.375. The average Bonchev–Trinajstić information content (AvgIpc) is 3.02. The molecule has 2 N–H and O–H groups in total. The van der Waals surface area contributed by atoms with E-state index in [-0.39, 0.29) is 18.1 Å². The number of sulfone groups is 1. The highest BCUT2D eigenvalue weighted by atomic mass is 35.5. The summed E-state index contributed by atoms with van der Waals surface area (Å²) in [7, 11) is -3.11. The van der Waals surface area contributed by atoms with Crippen molar-refractivity contribution in [1.82, 2.24) is 10.6 Å². The summed E-state index contributed by atoms with van der Waals surface area (Å²) in [6, 6.07) is 7.41. The van der Waals surface area contributed by atoms with Gasteiger partial charge in [-0.05, 0) is 19.4 Å².